The molecule has 0 saturated heterocycles. The molecule has 0 unspecified atom stereocenters. The van der Waals surface area contributed by atoms with Crippen molar-refractivity contribution in [3.63, 3.8) is 0 Å². The van der Waals surface area contributed by atoms with Crippen molar-refractivity contribution >= 4 is 5.97 Å². The zero-order valence-electron chi connectivity index (χ0n) is 22.0. The Bertz CT molecular complexity index is 836. The van der Waals surface area contributed by atoms with Crippen molar-refractivity contribution in [2.75, 3.05) is 0 Å². The molecule has 3 heteroatoms. The van der Waals surface area contributed by atoms with Crippen LogP contribution in [0.4, 0.5) is 0 Å². The lowest BCUT2D eigenvalue weighted by molar-refractivity contribution is -0.139. The van der Waals surface area contributed by atoms with E-state index in [0.717, 1.165) is 24.7 Å². The highest BCUT2D eigenvalue weighted by molar-refractivity contribution is 5.67. The average molecular weight is 457 g/mol. The van der Waals surface area contributed by atoms with Crippen molar-refractivity contribution in [3.8, 4) is 0 Å². The summed E-state index contributed by atoms with van der Waals surface area (Å²) in [6.07, 6.45) is 15.2. The van der Waals surface area contributed by atoms with E-state index in [-0.39, 0.29) is 5.41 Å². The fourth-order valence-corrected chi connectivity index (χ4v) is 10.0. The number of hydrogen-bond acceptors (Lipinski definition) is 2. The van der Waals surface area contributed by atoms with Gasteiger partial charge in [-0.25, -0.2) is 0 Å². The quantitative estimate of drug-likeness (QED) is 0.374. The lowest BCUT2D eigenvalue weighted by Gasteiger charge is -2.61. The van der Waals surface area contributed by atoms with Gasteiger partial charge in [0.2, 0.25) is 0 Å². The molecule has 186 valence electrons. The molecule has 0 aromatic heterocycles. The normalized spacial score (nSPS) is 45.2. The van der Waals surface area contributed by atoms with Crippen LogP contribution < -0.4 is 0 Å². The minimum Gasteiger partial charge on any atom is -0.481 e. The predicted octanol–water partition coefficient (Wildman–Crippen LogP) is 7.40. The Labute approximate surface area is 202 Å². The summed E-state index contributed by atoms with van der Waals surface area (Å²) in [4.78, 5) is 11.6. The number of carboxylic acids is 1. The van der Waals surface area contributed by atoms with E-state index in [1.165, 1.54) is 50.5 Å². The maximum Gasteiger partial charge on any atom is 0.303 e. The molecule has 4 saturated carbocycles. The Morgan fingerprint density at radius 3 is 2.45 bits per heavy atom. The largest absolute Gasteiger partial charge is 0.481 e. The monoisotopic (exact) mass is 456 g/mol. The van der Waals surface area contributed by atoms with Crippen LogP contribution in [0.3, 0.4) is 0 Å². The van der Waals surface area contributed by atoms with Crippen LogP contribution in [0.15, 0.2) is 24.3 Å². The Morgan fingerprint density at radius 2 is 1.85 bits per heavy atom. The summed E-state index contributed by atoms with van der Waals surface area (Å²) in [7, 11) is 0. The number of rotatable bonds is 8. The smallest absolute Gasteiger partial charge is 0.303 e. The summed E-state index contributed by atoms with van der Waals surface area (Å²) in [5.41, 5.74) is 1.77. The highest BCUT2D eigenvalue weighted by atomic mass is 16.4. The molecule has 3 nitrogen and oxygen atoms in total. The first-order valence-corrected chi connectivity index (χ1v) is 13.5. The third-order valence-electron chi connectivity index (χ3n) is 11.6. The van der Waals surface area contributed by atoms with Gasteiger partial charge in [-0.05, 0) is 124 Å². The van der Waals surface area contributed by atoms with E-state index in [0.29, 0.717) is 34.5 Å². The fraction of sp³-hybridized carbons (Fsp3) is 0.833. The zero-order chi connectivity index (χ0) is 24.4. The molecule has 4 fully saturated rings. The molecule has 0 heterocycles. The number of carboxylic acid groups (broad SMARTS) is 1. The number of aliphatic carboxylic acids is 1. The number of carbonyl (C=O) groups is 1. The van der Waals surface area contributed by atoms with Crippen LogP contribution in [0.2, 0.25) is 0 Å². The molecule has 4 rings (SSSR count). The Morgan fingerprint density at radius 1 is 1.15 bits per heavy atom. The molecule has 2 N–H and O–H groups in total. The molecule has 4 aliphatic carbocycles. The first-order chi connectivity index (χ1) is 15.2. The SMILES string of the molecule is C=C(C)[C@H]1CC[C@@H]2[C@@]3(CC[C@]4(C)[C@H]([C@@H](C)C/C=C/C(C)(C)O)CC[C@@]24C)C[C@@]13CCC(=O)O. The number of hydrogen-bond donors (Lipinski definition) is 2. The molecule has 0 amide bonds. The van der Waals surface area contributed by atoms with Gasteiger partial charge in [0.15, 0.2) is 0 Å². The molecule has 33 heavy (non-hydrogen) atoms. The highest BCUT2D eigenvalue weighted by Crippen LogP contribution is 2.87. The van der Waals surface area contributed by atoms with Crippen molar-refractivity contribution in [2.45, 2.75) is 111 Å². The van der Waals surface area contributed by atoms with E-state index < -0.39 is 11.6 Å². The van der Waals surface area contributed by atoms with Crippen LogP contribution in [0.1, 0.15) is 106 Å². The average Bonchev–Trinajstić information content (AvgIpc) is 3.29. The van der Waals surface area contributed by atoms with E-state index in [1.807, 2.05) is 19.9 Å². The van der Waals surface area contributed by atoms with Gasteiger partial charge in [0.25, 0.3) is 0 Å². The van der Waals surface area contributed by atoms with Gasteiger partial charge < -0.3 is 10.2 Å². The molecule has 0 aromatic carbocycles. The van der Waals surface area contributed by atoms with E-state index in [4.69, 9.17) is 0 Å². The van der Waals surface area contributed by atoms with Gasteiger partial charge in [0, 0.05) is 6.42 Å². The van der Waals surface area contributed by atoms with Crippen molar-refractivity contribution in [2.24, 2.45) is 45.3 Å². The topological polar surface area (TPSA) is 57.5 Å². The van der Waals surface area contributed by atoms with Gasteiger partial charge in [0.1, 0.15) is 0 Å². The lowest BCUT2D eigenvalue weighted by Crippen LogP contribution is -2.54. The van der Waals surface area contributed by atoms with Gasteiger partial charge in [-0.1, -0.05) is 45.1 Å². The molecule has 1 spiro atoms. The van der Waals surface area contributed by atoms with E-state index in [1.54, 1.807) is 0 Å². The summed E-state index contributed by atoms with van der Waals surface area (Å²) in [5.74, 6) is 1.92. The summed E-state index contributed by atoms with van der Waals surface area (Å²) < 4.78 is 0. The third-order valence-corrected chi connectivity index (χ3v) is 11.6. The van der Waals surface area contributed by atoms with E-state index in [2.05, 4.69) is 40.3 Å². The standard InChI is InChI=1S/C30H48O3/c1-20(2)22-10-11-24-28(7)15-12-23(21(3)9-8-14-26(4,5)33)27(28,6)17-18-30(24)19-29(22,30)16-13-25(31)32/h8,14,21-24,33H,1,9-13,15-19H2,2-7H3,(H,31,32)/b14-8+/t21-,22+,23-,24-,27+,28-,29-,30+/m0/s1. The molecular weight excluding hydrogens is 408 g/mol. The van der Waals surface area contributed by atoms with Crippen LogP contribution in [-0.2, 0) is 4.79 Å². The van der Waals surface area contributed by atoms with E-state index in [9.17, 15) is 15.0 Å². The van der Waals surface area contributed by atoms with E-state index >= 15 is 0 Å². The minimum absolute atomic E-state index is 0.184. The minimum atomic E-state index is -0.738. The predicted molar refractivity (Wildman–Crippen MR) is 135 cm³/mol. The van der Waals surface area contributed by atoms with Crippen LogP contribution >= 0.6 is 0 Å². The first kappa shape index (κ1) is 25.0. The maximum absolute atomic E-state index is 11.6. The van der Waals surface area contributed by atoms with Crippen LogP contribution in [0.5, 0.6) is 0 Å². The second kappa shape index (κ2) is 7.97. The second-order valence-corrected chi connectivity index (χ2v) is 13.7. The van der Waals surface area contributed by atoms with Gasteiger partial charge in [-0.2, -0.15) is 0 Å². The van der Waals surface area contributed by atoms with Gasteiger partial charge >= 0.3 is 5.97 Å². The van der Waals surface area contributed by atoms with Crippen molar-refractivity contribution in [3.05, 3.63) is 24.3 Å². The summed E-state index contributed by atoms with van der Waals surface area (Å²) in [5, 5.41) is 19.6. The molecule has 0 radical (unpaired) electrons. The van der Waals surface area contributed by atoms with Crippen molar-refractivity contribution < 1.29 is 15.0 Å². The molecular formula is C30H48O3. The van der Waals surface area contributed by atoms with Crippen LogP contribution in [0.25, 0.3) is 0 Å². The second-order valence-electron chi connectivity index (χ2n) is 13.7. The van der Waals surface area contributed by atoms with Crippen LogP contribution in [-0.4, -0.2) is 21.8 Å². The summed E-state index contributed by atoms with van der Waals surface area (Å²) in [6, 6.07) is 0. The summed E-state index contributed by atoms with van der Waals surface area (Å²) in [6.45, 7) is 17.9. The van der Waals surface area contributed by atoms with Crippen molar-refractivity contribution in [1.82, 2.24) is 0 Å². The lowest BCUT2D eigenvalue weighted by atomic mass is 9.43. The first-order valence-electron chi connectivity index (χ1n) is 13.5. The van der Waals surface area contributed by atoms with Gasteiger partial charge in [-0.15, -0.1) is 0 Å². The Balaban J connectivity index is 1.59. The summed E-state index contributed by atoms with van der Waals surface area (Å²) >= 11 is 0. The van der Waals surface area contributed by atoms with Crippen LogP contribution in [0, 0.1) is 45.3 Å². The Hall–Kier alpha value is -1.09. The van der Waals surface area contributed by atoms with Crippen molar-refractivity contribution in [1.29, 1.82) is 0 Å². The number of fused-ring (bicyclic) bond motifs is 2. The molecule has 0 bridgehead atoms. The fourth-order valence-electron chi connectivity index (χ4n) is 10.0. The molecule has 8 atom stereocenters. The highest BCUT2D eigenvalue weighted by Gasteiger charge is 2.80. The molecule has 4 aliphatic rings. The molecule has 0 aliphatic heterocycles. The maximum atomic E-state index is 11.6. The zero-order valence-corrected chi connectivity index (χ0v) is 22.0. The number of allylic oxidation sites excluding steroid dienone is 2. The number of aliphatic hydroxyl groups is 1. The Kier molecular flexibility index (Phi) is 6.04. The van der Waals surface area contributed by atoms with Gasteiger partial charge in [0.05, 0.1) is 5.60 Å². The van der Waals surface area contributed by atoms with Gasteiger partial charge in [-0.3, -0.25) is 4.79 Å². The third kappa shape index (κ3) is 3.67. The molecule has 0 aromatic rings.